The molecule has 3 N–H and O–H groups in total. The van der Waals surface area contributed by atoms with E-state index < -0.39 is 12.1 Å². The first kappa shape index (κ1) is 15.8. The molecule has 0 aliphatic rings. The Morgan fingerprint density at radius 2 is 1.63 bits per heavy atom. The standard InChI is InChI=1S/C15H25NO3/c1-10(2)8-9-11(17)15(16)14-12(18-3)6-5-7-13(14)19-4/h5-7,10-11,15,17H,8-9,16H2,1-4H3/t11-,15-/m1/s1. The summed E-state index contributed by atoms with van der Waals surface area (Å²) < 4.78 is 10.6. The Labute approximate surface area is 115 Å². The smallest absolute Gasteiger partial charge is 0.127 e. The maximum absolute atomic E-state index is 10.2. The van der Waals surface area contributed by atoms with Crippen molar-refractivity contribution in [1.29, 1.82) is 0 Å². The Balaban J connectivity index is 2.93. The minimum atomic E-state index is -0.604. The fourth-order valence-corrected chi connectivity index (χ4v) is 2.08. The molecule has 0 radical (unpaired) electrons. The lowest BCUT2D eigenvalue weighted by Gasteiger charge is -2.23. The van der Waals surface area contributed by atoms with Gasteiger partial charge < -0.3 is 20.3 Å². The normalized spacial score (nSPS) is 14.3. The van der Waals surface area contributed by atoms with Gasteiger partial charge in [-0.1, -0.05) is 19.9 Å². The molecule has 0 heterocycles. The predicted octanol–water partition coefficient (Wildman–Crippen LogP) is 2.50. The summed E-state index contributed by atoms with van der Waals surface area (Å²) in [5, 5.41) is 10.2. The first-order valence-corrected chi connectivity index (χ1v) is 6.65. The summed E-state index contributed by atoms with van der Waals surface area (Å²) in [7, 11) is 3.18. The van der Waals surface area contributed by atoms with E-state index in [9.17, 15) is 5.11 Å². The van der Waals surface area contributed by atoms with Crippen molar-refractivity contribution >= 4 is 0 Å². The highest BCUT2D eigenvalue weighted by molar-refractivity contribution is 5.47. The molecule has 1 aromatic carbocycles. The Bertz CT molecular complexity index is 371. The number of aliphatic hydroxyl groups is 1. The molecule has 4 heteroatoms. The third-order valence-corrected chi connectivity index (χ3v) is 3.25. The Hall–Kier alpha value is -1.26. The summed E-state index contributed by atoms with van der Waals surface area (Å²) >= 11 is 0. The molecule has 0 bridgehead atoms. The second-order valence-electron chi connectivity index (χ2n) is 5.14. The van der Waals surface area contributed by atoms with Crippen LogP contribution in [0.1, 0.15) is 38.3 Å². The molecular weight excluding hydrogens is 242 g/mol. The van der Waals surface area contributed by atoms with Crippen LogP contribution in [0.15, 0.2) is 18.2 Å². The zero-order valence-electron chi connectivity index (χ0n) is 12.2. The van der Waals surface area contributed by atoms with Gasteiger partial charge in [-0.15, -0.1) is 0 Å². The second-order valence-corrected chi connectivity index (χ2v) is 5.14. The predicted molar refractivity (Wildman–Crippen MR) is 76.6 cm³/mol. The number of aliphatic hydroxyl groups excluding tert-OH is 1. The van der Waals surface area contributed by atoms with Gasteiger partial charge in [0.15, 0.2) is 0 Å². The molecule has 19 heavy (non-hydrogen) atoms. The minimum absolute atomic E-state index is 0.509. The summed E-state index contributed by atoms with van der Waals surface area (Å²) in [5.41, 5.74) is 6.89. The molecule has 1 aromatic rings. The van der Waals surface area contributed by atoms with E-state index in [2.05, 4.69) is 13.8 Å². The van der Waals surface area contributed by atoms with E-state index in [1.54, 1.807) is 14.2 Å². The zero-order valence-corrected chi connectivity index (χ0v) is 12.2. The summed E-state index contributed by atoms with van der Waals surface area (Å²) in [6.07, 6.45) is 0.999. The van der Waals surface area contributed by atoms with Crippen LogP contribution >= 0.6 is 0 Å². The van der Waals surface area contributed by atoms with E-state index in [0.717, 1.165) is 12.0 Å². The maximum Gasteiger partial charge on any atom is 0.127 e. The third kappa shape index (κ3) is 4.11. The monoisotopic (exact) mass is 267 g/mol. The minimum Gasteiger partial charge on any atom is -0.496 e. The van der Waals surface area contributed by atoms with Crippen LogP contribution in [0.4, 0.5) is 0 Å². The average Bonchev–Trinajstić information content (AvgIpc) is 2.42. The molecule has 0 unspecified atom stereocenters. The molecule has 2 atom stereocenters. The third-order valence-electron chi connectivity index (χ3n) is 3.25. The molecule has 4 nitrogen and oxygen atoms in total. The fraction of sp³-hybridized carbons (Fsp3) is 0.600. The SMILES string of the molecule is COc1cccc(OC)c1[C@H](N)[C@H](O)CCC(C)C. The summed E-state index contributed by atoms with van der Waals surface area (Å²) in [6.45, 7) is 4.25. The van der Waals surface area contributed by atoms with Crippen LogP contribution in [-0.4, -0.2) is 25.4 Å². The zero-order chi connectivity index (χ0) is 14.4. The van der Waals surface area contributed by atoms with Crippen molar-refractivity contribution in [1.82, 2.24) is 0 Å². The Morgan fingerprint density at radius 1 is 1.11 bits per heavy atom. The molecule has 0 fully saturated rings. The van der Waals surface area contributed by atoms with Gasteiger partial charge in [0.2, 0.25) is 0 Å². The quantitative estimate of drug-likeness (QED) is 0.796. The highest BCUT2D eigenvalue weighted by Crippen LogP contribution is 2.35. The van der Waals surface area contributed by atoms with Crippen LogP contribution in [-0.2, 0) is 0 Å². The molecular formula is C15H25NO3. The molecule has 0 aliphatic heterocycles. The van der Waals surface area contributed by atoms with Crippen molar-refractivity contribution in [2.24, 2.45) is 11.7 Å². The number of hydrogen-bond donors (Lipinski definition) is 2. The molecule has 0 amide bonds. The average molecular weight is 267 g/mol. The van der Waals surface area contributed by atoms with E-state index in [-0.39, 0.29) is 0 Å². The molecule has 0 saturated heterocycles. The van der Waals surface area contributed by atoms with Crippen LogP contribution < -0.4 is 15.2 Å². The second kappa shape index (κ2) is 7.36. The number of nitrogens with two attached hydrogens (primary N) is 1. The van der Waals surface area contributed by atoms with Crippen molar-refractivity contribution in [3.63, 3.8) is 0 Å². The van der Waals surface area contributed by atoms with Crippen molar-refractivity contribution in [2.45, 2.75) is 38.8 Å². The molecule has 0 spiro atoms. The largest absolute Gasteiger partial charge is 0.496 e. The Morgan fingerprint density at radius 3 is 2.05 bits per heavy atom. The van der Waals surface area contributed by atoms with Gasteiger partial charge in [0.25, 0.3) is 0 Å². The number of methoxy groups -OCH3 is 2. The van der Waals surface area contributed by atoms with Gasteiger partial charge in [0.05, 0.1) is 31.9 Å². The van der Waals surface area contributed by atoms with Gasteiger partial charge >= 0.3 is 0 Å². The maximum atomic E-state index is 10.2. The van der Waals surface area contributed by atoms with Gasteiger partial charge in [0.1, 0.15) is 11.5 Å². The molecule has 0 aliphatic carbocycles. The van der Waals surface area contributed by atoms with E-state index in [0.29, 0.717) is 23.8 Å². The summed E-state index contributed by atoms with van der Waals surface area (Å²) in [5.74, 6) is 1.84. The van der Waals surface area contributed by atoms with Crippen LogP contribution in [0.25, 0.3) is 0 Å². The molecule has 0 saturated carbocycles. The summed E-state index contributed by atoms with van der Waals surface area (Å²) in [6, 6.07) is 4.98. The number of rotatable bonds is 7. The first-order chi connectivity index (χ1) is 9.01. The van der Waals surface area contributed by atoms with Gasteiger partial charge in [-0.05, 0) is 30.9 Å². The van der Waals surface area contributed by atoms with Crippen LogP contribution in [0.2, 0.25) is 0 Å². The molecule has 1 rings (SSSR count). The van der Waals surface area contributed by atoms with E-state index in [4.69, 9.17) is 15.2 Å². The lowest BCUT2D eigenvalue weighted by atomic mass is 9.95. The van der Waals surface area contributed by atoms with Crippen LogP contribution in [0, 0.1) is 5.92 Å². The Kier molecular flexibility index (Phi) is 6.12. The van der Waals surface area contributed by atoms with E-state index >= 15 is 0 Å². The van der Waals surface area contributed by atoms with Gasteiger partial charge in [0, 0.05) is 0 Å². The number of benzene rings is 1. The van der Waals surface area contributed by atoms with Crippen LogP contribution in [0.5, 0.6) is 11.5 Å². The van der Waals surface area contributed by atoms with Crippen molar-refractivity contribution in [3.8, 4) is 11.5 Å². The lowest BCUT2D eigenvalue weighted by Crippen LogP contribution is -2.27. The fourth-order valence-electron chi connectivity index (χ4n) is 2.08. The number of ether oxygens (including phenoxy) is 2. The van der Waals surface area contributed by atoms with Crippen LogP contribution in [0.3, 0.4) is 0 Å². The molecule has 0 aromatic heterocycles. The first-order valence-electron chi connectivity index (χ1n) is 6.65. The van der Waals surface area contributed by atoms with E-state index in [1.807, 2.05) is 18.2 Å². The highest BCUT2D eigenvalue weighted by atomic mass is 16.5. The van der Waals surface area contributed by atoms with Gasteiger partial charge in [-0.25, -0.2) is 0 Å². The topological polar surface area (TPSA) is 64.7 Å². The lowest BCUT2D eigenvalue weighted by molar-refractivity contribution is 0.126. The molecule has 108 valence electrons. The van der Waals surface area contributed by atoms with Gasteiger partial charge in [-0.2, -0.15) is 0 Å². The summed E-state index contributed by atoms with van der Waals surface area (Å²) in [4.78, 5) is 0. The van der Waals surface area contributed by atoms with Gasteiger partial charge in [-0.3, -0.25) is 0 Å². The van der Waals surface area contributed by atoms with E-state index in [1.165, 1.54) is 0 Å². The van der Waals surface area contributed by atoms with Crippen molar-refractivity contribution in [2.75, 3.05) is 14.2 Å². The number of hydrogen-bond acceptors (Lipinski definition) is 4. The van der Waals surface area contributed by atoms with Crippen molar-refractivity contribution in [3.05, 3.63) is 23.8 Å². The highest BCUT2D eigenvalue weighted by Gasteiger charge is 2.24. The van der Waals surface area contributed by atoms with Crippen molar-refractivity contribution < 1.29 is 14.6 Å².